The minimum absolute atomic E-state index is 0.407. The zero-order valence-corrected chi connectivity index (χ0v) is 13.4. The average molecular weight is 307 g/mol. The number of nitrogens with zero attached hydrogens (tertiary/aromatic N) is 2. The Morgan fingerprint density at radius 3 is 2.81 bits per heavy atom. The van der Waals surface area contributed by atoms with Gasteiger partial charge < -0.3 is 14.8 Å². The summed E-state index contributed by atoms with van der Waals surface area (Å²) in [4.78, 5) is 0. The Bertz CT molecular complexity index is 557. The van der Waals surface area contributed by atoms with Crippen molar-refractivity contribution in [3.8, 4) is 10.9 Å². The highest BCUT2D eigenvalue weighted by atomic mass is 32.1. The lowest BCUT2D eigenvalue weighted by atomic mass is 10.0. The SMILES string of the molecule is COCCNCc1nnc(Oc2ccccc2C(C)C)s1. The van der Waals surface area contributed by atoms with Crippen molar-refractivity contribution < 1.29 is 9.47 Å². The van der Waals surface area contributed by atoms with Crippen LogP contribution in [0.5, 0.6) is 10.9 Å². The van der Waals surface area contributed by atoms with Crippen molar-refractivity contribution >= 4 is 11.3 Å². The van der Waals surface area contributed by atoms with Crippen LogP contribution < -0.4 is 10.1 Å². The number of benzene rings is 1. The Morgan fingerprint density at radius 2 is 2.05 bits per heavy atom. The molecule has 2 rings (SSSR count). The number of aromatic nitrogens is 2. The molecule has 21 heavy (non-hydrogen) atoms. The van der Waals surface area contributed by atoms with Crippen LogP contribution in [0.4, 0.5) is 0 Å². The lowest BCUT2D eigenvalue weighted by Crippen LogP contribution is -2.18. The molecule has 0 fully saturated rings. The third-order valence-electron chi connectivity index (χ3n) is 2.95. The topological polar surface area (TPSA) is 56.3 Å². The first kappa shape index (κ1) is 15.9. The Balaban J connectivity index is 1.96. The quantitative estimate of drug-likeness (QED) is 0.759. The van der Waals surface area contributed by atoms with E-state index in [1.54, 1.807) is 7.11 Å². The fourth-order valence-electron chi connectivity index (χ4n) is 1.86. The van der Waals surface area contributed by atoms with E-state index in [1.165, 1.54) is 16.9 Å². The average Bonchev–Trinajstić information content (AvgIpc) is 2.91. The van der Waals surface area contributed by atoms with Gasteiger partial charge in [-0.05, 0) is 17.5 Å². The van der Waals surface area contributed by atoms with Gasteiger partial charge in [-0.3, -0.25) is 0 Å². The molecule has 1 aromatic heterocycles. The van der Waals surface area contributed by atoms with Gasteiger partial charge in [0.2, 0.25) is 0 Å². The summed E-state index contributed by atoms with van der Waals surface area (Å²) in [6, 6.07) is 8.03. The molecule has 5 nitrogen and oxygen atoms in total. The third-order valence-corrected chi connectivity index (χ3v) is 3.75. The molecule has 0 aliphatic heterocycles. The van der Waals surface area contributed by atoms with Gasteiger partial charge in [0.15, 0.2) is 0 Å². The van der Waals surface area contributed by atoms with E-state index >= 15 is 0 Å². The highest BCUT2D eigenvalue weighted by molar-refractivity contribution is 7.13. The van der Waals surface area contributed by atoms with Crippen molar-refractivity contribution in [3.05, 3.63) is 34.8 Å². The third kappa shape index (κ3) is 4.77. The fourth-order valence-corrected chi connectivity index (χ4v) is 2.54. The van der Waals surface area contributed by atoms with Crippen molar-refractivity contribution in [2.24, 2.45) is 0 Å². The van der Waals surface area contributed by atoms with Gasteiger partial charge in [-0.1, -0.05) is 48.5 Å². The number of nitrogens with one attached hydrogen (secondary N) is 1. The largest absolute Gasteiger partial charge is 0.429 e. The van der Waals surface area contributed by atoms with Crippen LogP contribution in [0, 0.1) is 0 Å². The van der Waals surface area contributed by atoms with E-state index in [1.807, 2.05) is 18.2 Å². The molecule has 0 amide bonds. The molecule has 0 aliphatic carbocycles. The Hall–Kier alpha value is -1.50. The van der Waals surface area contributed by atoms with Crippen LogP contribution in [0.3, 0.4) is 0 Å². The second-order valence-corrected chi connectivity index (χ2v) is 5.95. The number of hydrogen-bond donors (Lipinski definition) is 1. The lowest BCUT2D eigenvalue weighted by Gasteiger charge is -2.11. The number of rotatable bonds is 8. The van der Waals surface area contributed by atoms with Crippen LogP contribution >= 0.6 is 11.3 Å². The smallest absolute Gasteiger partial charge is 0.299 e. The van der Waals surface area contributed by atoms with E-state index < -0.39 is 0 Å². The standard InChI is InChI=1S/C15H21N3O2S/c1-11(2)12-6-4-5-7-13(12)20-15-18-17-14(21-15)10-16-8-9-19-3/h4-7,11,16H,8-10H2,1-3H3. The van der Waals surface area contributed by atoms with Gasteiger partial charge in [-0.2, -0.15) is 0 Å². The molecular weight excluding hydrogens is 286 g/mol. The maximum Gasteiger partial charge on any atom is 0.299 e. The summed E-state index contributed by atoms with van der Waals surface area (Å²) in [5.41, 5.74) is 1.17. The zero-order valence-electron chi connectivity index (χ0n) is 12.6. The maximum absolute atomic E-state index is 5.87. The summed E-state index contributed by atoms with van der Waals surface area (Å²) >= 11 is 1.46. The predicted octanol–water partition coefficient (Wildman–Crippen LogP) is 3.19. The summed E-state index contributed by atoms with van der Waals surface area (Å²) in [6.45, 7) is 6.45. The molecule has 0 bridgehead atoms. The molecule has 0 radical (unpaired) electrons. The van der Waals surface area contributed by atoms with Crippen LogP contribution in [-0.4, -0.2) is 30.5 Å². The molecule has 1 N–H and O–H groups in total. The zero-order chi connectivity index (χ0) is 15.1. The summed E-state index contributed by atoms with van der Waals surface area (Å²) in [5, 5.41) is 12.9. The van der Waals surface area contributed by atoms with Gasteiger partial charge in [-0.25, -0.2) is 0 Å². The molecule has 0 aliphatic rings. The second-order valence-electron chi connectivity index (χ2n) is 4.93. The maximum atomic E-state index is 5.87. The molecule has 1 aromatic carbocycles. The first-order chi connectivity index (χ1) is 10.2. The van der Waals surface area contributed by atoms with Gasteiger partial charge in [0.05, 0.1) is 6.61 Å². The van der Waals surface area contributed by atoms with Gasteiger partial charge >= 0.3 is 0 Å². The monoisotopic (exact) mass is 307 g/mol. The predicted molar refractivity (Wildman–Crippen MR) is 84.1 cm³/mol. The molecule has 114 valence electrons. The van der Waals surface area contributed by atoms with Crippen LogP contribution in [0.25, 0.3) is 0 Å². The number of methoxy groups -OCH3 is 1. The minimum Gasteiger partial charge on any atom is -0.429 e. The molecular formula is C15H21N3O2S. The van der Waals surface area contributed by atoms with Gasteiger partial charge in [0.25, 0.3) is 5.19 Å². The number of para-hydroxylation sites is 1. The summed E-state index contributed by atoms with van der Waals surface area (Å²) in [7, 11) is 1.69. The molecule has 0 unspecified atom stereocenters. The Kier molecular flexibility index (Phi) is 6.10. The van der Waals surface area contributed by atoms with E-state index in [0.29, 0.717) is 24.3 Å². The van der Waals surface area contributed by atoms with Crippen molar-refractivity contribution in [2.45, 2.75) is 26.3 Å². The van der Waals surface area contributed by atoms with E-state index in [9.17, 15) is 0 Å². The summed E-state index contributed by atoms with van der Waals surface area (Å²) in [5.74, 6) is 1.26. The van der Waals surface area contributed by atoms with E-state index in [-0.39, 0.29) is 0 Å². The number of ether oxygens (including phenoxy) is 2. The molecule has 6 heteroatoms. The van der Waals surface area contributed by atoms with E-state index in [2.05, 4.69) is 35.4 Å². The lowest BCUT2D eigenvalue weighted by molar-refractivity contribution is 0.199. The highest BCUT2D eigenvalue weighted by Crippen LogP contribution is 2.31. The van der Waals surface area contributed by atoms with Crippen molar-refractivity contribution in [3.63, 3.8) is 0 Å². The minimum atomic E-state index is 0.407. The van der Waals surface area contributed by atoms with Crippen LogP contribution in [0.15, 0.2) is 24.3 Å². The van der Waals surface area contributed by atoms with Crippen LogP contribution in [-0.2, 0) is 11.3 Å². The highest BCUT2D eigenvalue weighted by Gasteiger charge is 2.11. The summed E-state index contributed by atoms with van der Waals surface area (Å²) in [6.07, 6.45) is 0. The second kappa shape index (κ2) is 8.07. The molecule has 1 heterocycles. The van der Waals surface area contributed by atoms with Crippen LogP contribution in [0.1, 0.15) is 30.3 Å². The molecule has 0 spiro atoms. The first-order valence-corrected chi connectivity index (χ1v) is 7.81. The Morgan fingerprint density at radius 1 is 1.24 bits per heavy atom. The molecule has 2 aromatic rings. The van der Waals surface area contributed by atoms with Gasteiger partial charge in [-0.15, -0.1) is 5.10 Å². The fraction of sp³-hybridized carbons (Fsp3) is 0.467. The van der Waals surface area contributed by atoms with Crippen molar-refractivity contribution in [2.75, 3.05) is 20.3 Å². The van der Waals surface area contributed by atoms with E-state index in [4.69, 9.17) is 9.47 Å². The van der Waals surface area contributed by atoms with Crippen molar-refractivity contribution in [1.82, 2.24) is 15.5 Å². The molecule has 0 atom stereocenters. The molecule has 0 saturated carbocycles. The summed E-state index contributed by atoms with van der Waals surface area (Å²) < 4.78 is 10.9. The van der Waals surface area contributed by atoms with Gasteiger partial charge in [0, 0.05) is 20.2 Å². The van der Waals surface area contributed by atoms with Crippen molar-refractivity contribution in [1.29, 1.82) is 0 Å². The Labute approximate surface area is 129 Å². The van der Waals surface area contributed by atoms with Crippen LogP contribution in [0.2, 0.25) is 0 Å². The van der Waals surface area contributed by atoms with E-state index in [0.717, 1.165) is 17.3 Å². The normalized spacial score (nSPS) is 11.0. The molecule has 0 saturated heterocycles. The number of hydrogen-bond acceptors (Lipinski definition) is 6. The first-order valence-electron chi connectivity index (χ1n) is 6.99. The van der Waals surface area contributed by atoms with Gasteiger partial charge in [0.1, 0.15) is 10.8 Å².